The third-order valence-electron chi connectivity index (χ3n) is 10.3. The average Bonchev–Trinajstić information content (AvgIpc) is 3.86. The van der Waals surface area contributed by atoms with E-state index in [2.05, 4.69) is 40.5 Å². The summed E-state index contributed by atoms with van der Waals surface area (Å²) in [5, 5.41) is 22.2. The number of carbonyl (C=O) groups is 1. The van der Waals surface area contributed by atoms with E-state index in [1.807, 2.05) is 12.1 Å². The number of benzene rings is 1. The van der Waals surface area contributed by atoms with Crippen LogP contribution in [0.5, 0.6) is 5.88 Å². The maximum atomic E-state index is 12.8. The van der Waals surface area contributed by atoms with Gasteiger partial charge in [-0.3, -0.25) is 9.69 Å². The predicted molar refractivity (Wildman–Crippen MR) is 170 cm³/mol. The van der Waals surface area contributed by atoms with E-state index < -0.39 is 5.41 Å². The van der Waals surface area contributed by atoms with Crippen LogP contribution in [0.3, 0.4) is 0 Å². The zero-order valence-corrected chi connectivity index (χ0v) is 26.5. The van der Waals surface area contributed by atoms with Gasteiger partial charge in [-0.1, -0.05) is 11.2 Å². The third-order valence-corrected chi connectivity index (χ3v) is 10.3. The standard InChI is InChI=1S/C34H37N9O4/c1-19(26-6-4-13-42(26)2)46-28-15-27(43-14-10-25(40-43)33(44)37-21-17-45-18-21)38-32(39-28)30-22-5-3-11-34(31(22)47-41-30)12-9-20-7-8-24(36)23(16-35)29(20)34/h7-8,10,14-15,19,21,26H,3-6,9,11-13,17-18,36H2,1-2H3,(H,37,44)/t19-,26-,34-/m0/s1. The van der Waals surface area contributed by atoms with Gasteiger partial charge in [0.1, 0.15) is 12.2 Å². The van der Waals surface area contributed by atoms with Crippen LogP contribution in [0.4, 0.5) is 5.69 Å². The molecule has 4 aliphatic rings. The minimum Gasteiger partial charge on any atom is -0.473 e. The zero-order valence-electron chi connectivity index (χ0n) is 26.5. The molecule has 1 aromatic carbocycles. The summed E-state index contributed by atoms with van der Waals surface area (Å²) >= 11 is 0. The Labute approximate surface area is 272 Å². The number of nitrogens with two attached hydrogens (primary N) is 1. The number of nitrogen functional groups attached to an aromatic ring is 1. The van der Waals surface area contributed by atoms with Crippen LogP contribution in [0.2, 0.25) is 0 Å². The van der Waals surface area contributed by atoms with Crippen molar-refractivity contribution in [3.63, 3.8) is 0 Å². The van der Waals surface area contributed by atoms with Gasteiger partial charge in [0.05, 0.1) is 30.2 Å². The number of anilines is 1. The number of nitrogens with one attached hydrogen (secondary N) is 1. The fourth-order valence-corrected chi connectivity index (χ4v) is 7.91. The normalized spacial score (nSPS) is 22.8. The summed E-state index contributed by atoms with van der Waals surface area (Å²) in [7, 11) is 2.12. The van der Waals surface area contributed by atoms with Crippen LogP contribution in [-0.4, -0.2) is 80.7 Å². The summed E-state index contributed by atoms with van der Waals surface area (Å²) in [6, 6.07) is 9.87. The lowest BCUT2D eigenvalue weighted by atomic mass is 9.68. The van der Waals surface area contributed by atoms with Gasteiger partial charge in [0.2, 0.25) is 5.88 Å². The Morgan fingerprint density at radius 1 is 1.21 bits per heavy atom. The Hall–Kier alpha value is -4.80. The van der Waals surface area contributed by atoms with Crippen LogP contribution >= 0.6 is 0 Å². The number of nitrogens with zero attached hydrogens (tertiary/aromatic N) is 7. The molecule has 4 aromatic rings. The molecule has 0 unspecified atom stereocenters. The molecule has 1 amide bonds. The molecular weight excluding hydrogens is 598 g/mol. The molecule has 13 heteroatoms. The zero-order chi connectivity index (χ0) is 32.3. The number of aryl methyl sites for hydroxylation is 1. The number of likely N-dealkylation sites (tertiary alicyclic amines) is 1. The number of likely N-dealkylation sites (N-methyl/N-ethyl adjacent to an activating group) is 1. The lowest BCUT2D eigenvalue weighted by molar-refractivity contribution is -0.00355. The summed E-state index contributed by atoms with van der Waals surface area (Å²) < 4.78 is 19.4. The number of rotatable bonds is 7. The average molecular weight is 636 g/mol. The molecule has 0 bridgehead atoms. The lowest BCUT2D eigenvalue weighted by Gasteiger charge is -2.33. The van der Waals surface area contributed by atoms with Gasteiger partial charge in [-0.2, -0.15) is 15.3 Å². The highest BCUT2D eigenvalue weighted by molar-refractivity contribution is 5.92. The molecule has 3 aromatic heterocycles. The first kappa shape index (κ1) is 29.6. The molecule has 1 spiro atoms. The van der Waals surface area contributed by atoms with Crippen molar-refractivity contribution in [3.8, 4) is 29.3 Å². The van der Waals surface area contributed by atoms with Crippen LogP contribution in [0.25, 0.3) is 17.3 Å². The molecule has 47 heavy (non-hydrogen) atoms. The van der Waals surface area contributed by atoms with Gasteiger partial charge >= 0.3 is 0 Å². The molecule has 0 radical (unpaired) electrons. The quantitative estimate of drug-likeness (QED) is 0.286. The maximum absolute atomic E-state index is 12.8. The monoisotopic (exact) mass is 635 g/mol. The van der Waals surface area contributed by atoms with E-state index in [1.54, 1.807) is 23.0 Å². The number of hydrogen-bond acceptors (Lipinski definition) is 11. The molecule has 13 nitrogen and oxygen atoms in total. The Morgan fingerprint density at radius 2 is 2.09 bits per heavy atom. The van der Waals surface area contributed by atoms with Crippen LogP contribution in [0.1, 0.15) is 77.5 Å². The second-order valence-electron chi connectivity index (χ2n) is 13.2. The molecule has 3 N–H and O–H groups in total. The summed E-state index contributed by atoms with van der Waals surface area (Å²) in [6.07, 6.45) is 7.85. The van der Waals surface area contributed by atoms with Crippen molar-refractivity contribution in [1.82, 2.24) is 35.1 Å². The van der Waals surface area contributed by atoms with E-state index in [0.29, 0.717) is 47.7 Å². The van der Waals surface area contributed by atoms with Crippen LogP contribution in [-0.2, 0) is 23.0 Å². The smallest absolute Gasteiger partial charge is 0.272 e. The molecule has 2 aliphatic carbocycles. The van der Waals surface area contributed by atoms with E-state index in [0.717, 1.165) is 73.9 Å². The molecule has 2 fully saturated rings. The predicted octanol–water partition coefficient (Wildman–Crippen LogP) is 3.33. The van der Waals surface area contributed by atoms with Gasteiger partial charge in [0, 0.05) is 29.6 Å². The lowest BCUT2D eigenvalue weighted by Crippen LogP contribution is -2.48. The number of nitriles is 1. The van der Waals surface area contributed by atoms with Crippen molar-refractivity contribution >= 4 is 11.6 Å². The van der Waals surface area contributed by atoms with Gasteiger partial charge in [0.15, 0.2) is 28.8 Å². The largest absolute Gasteiger partial charge is 0.473 e. The number of hydrogen-bond donors (Lipinski definition) is 2. The van der Waals surface area contributed by atoms with Gasteiger partial charge in [-0.05, 0) is 88.7 Å². The molecule has 242 valence electrons. The van der Waals surface area contributed by atoms with Crippen molar-refractivity contribution in [2.75, 3.05) is 32.5 Å². The van der Waals surface area contributed by atoms with Crippen molar-refractivity contribution in [1.29, 1.82) is 5.26 Å². The van der Waals surface area contributed by atoms with E-state index in [9.17, 15) is 10.1 Å². The summed E-state index contributed by atoms with van der Waals surface area (Å²) in [4.78, 5) is 24.9. The molecule has 0 saturated carbocycles. The van der Waals surface area contributed by atoms with Gasteiger partial charge in [0.25, 0.3) is 5.91 Å². The minimum atomic E-state index is -0.483. The number of ether oxygens (including phenoxy) is 2. The Kier molecular flexibility index (Phi) is 7.22. The first-order valence-corrected chi connectivity index (χ1v) is 16.4. The highest BCUT2D eigenvalue weighted by atomic mass is 16.5. The van der Waals surface area contributed by atoms with Crippen molar-refractivity contribution in [3.05, 3.63) is 64.2 Å². The summed E-state index contributed by atoms with van der Waals surface area (Å²) in [5.74, 6) is 1.67. The minimum absolute atomic E-state index is 0.0114. The number of fused-ring (bicyclic) bond motifs is 4. The Balaban J connectivity index is 1.19. The van der Waals surface area contributed by atoms with Gasteiger partial charge in [-0.15, -0.1) is 0 Å². The maximum Gasteiger partial charge on any atom is 0.272 e. The Bertz CT molecular complexity index is 1910. The SMILES string of the molecule is C[C@H](Oc1cc(-n2ccc(C(=O)NC3COC3)n2)nc(-c2noc3c2CCC[C@@]32CCc3ccc(N)c(C#N)c32)n1)[C@@H]1CCCN1C. The van der Waals surface area contributed by atoms with E-state index >= 15 is 0 Å². The molecular formula is C34H37N9O4. The topological polar surface area (TPSA) is 170 Å². The Morgan fingerprint density at radius 3 is 2.85 bits per heavy atom. The van der Waals surface area contributed by atoms with Crippen LogP contribution in [0.15, 0.2) is 35.0 Å². The van der Waals surface area contributed by atoms with E-state index in [-0.39, 0.29) is 29.8 Å². The number of carbonyl (C=O) groups excluding carboxylic acids is 1. The summed E-state index contributed by atoms with van der Waals surface area (Å²) in [6.45, 7) is 4.08. The molecule has 8 rings (SSSR count). The molecule has 5 heterocycles. The second-order valence-corrected chi connectivity index (χ2v) is 13.2. The fraction of sp³-hybridized carbons (Fsp3) is 0.471. The van der Waals surface area contributed by atoms with Crippen molar-refractivity contribution < 1.29 is 18.8 Å². The van der Waals surface area contributed by atoms with Crippen molar-refractivity contribution in [2.45, 2.75) is 75.5 Å². The van der Waals surface area contributed by atoms with Crippen LogP contribution < -0.4 is 15.8 Å². The molecule has 2 aliphatic heterocycles. The van der Waals surface area contributed by atoms with E-state index in [1.165, 1.54) is 0 Å². The third kappa shape index (κ3) is 4.94. The van der Waals surface area contributed by atoms with Gasteiger partial charge < -0.3 is 25.0 Å². The molecule has 2 saturated heterocycles. The van der Waals surface area contributed by atoms with Crippen molar-refractivity contribution in [2.24, 2.45) is 0 Å². The fourth-order valence-electron chi connectivity index (χ4n) is 7.91. The van der Waals surface area contributed by atoms with Gasteiger partial charge in [-0.25, -0.2) is 9.67 Å². The summed E-state index contributed by atoms with van der Waals surface area (Å²) in [5.41, 5.74) is 10.7. The van der Waals surface area contributed by atoms with E-state index in [4.69, 9.17) is 29.7 Å². The second kappa shape index (κ2) is 11.5. The number of aromatic nitrogens is 5. The number of amides is 1. The molecule has 3 atom stereocenters. The highest BCUT2D eigenvalue weighted by Gasteiger charge is 2.49. The first-order chi connectivity index (χ1) is 22.8. The van der Waals surface area contributed by atoms with Crippen LogP contribution in [0, 0.1) is 11.3 Å². The first-order valence-electron chi connectivity index (χ1n) is 16.4. The highest BCUT2D eigenvalue weighted by Crippen LogP contribution is 2.54.